The van der Waals surface area contributed by atoms with Crippen molar-refractivity contribution in [3.8, 4) is 5.75 Å². The first-order chi connectivity index (χ1) is 17.7. The van der Waals surface area contributed by atoms with Gasteiger partial charge >= 0.3 is 11.9 Å². The third-order valence-corrected chi connectivity index (χ3v) is 5.37. The van der Waals surface area contributed by atoms with Crippen molar-refractivity contribution in [3.63, 3.8) is 0 Å². The van der Waals surface area contributed by atoms with Crippen molar-refractivity contribution in [3.05, 3.63) is 29.8 Å². The predicted molar refractivity (Wildman–Crippen MR) is 133 cm³/mol. The Hall–Kier alpha value is -4.20. The largest absolute Gasteiger partial charge is 0.508 e. The topological polar surface area (TPSA) is 251 Å². The maximum atomic E-state index is 13.0. The Morgan fingerprint density at radius 2 is 1.37 bits per heavy atom. The highest BCUT2D eigenvalue weighted by Crippen LogP contribution is 2.11. The van der Waals surface area contributed by atoms with Crippen LogP contribution < -0.4 is 27.4 Å². The lowest BCUT2D eigenvalue weighted by atomic mass is 10.0. The van der Waals surface area contributed by atoms with E-state index in [1.807, 2.05) is 0 Å². The zero-order chi connectivity index (χ0) is 29.0. The molecule has 0 saturated heterocycles. The molecule has 0 aromatic heterocycles. The number of hydrogen-bond acceptors (Lipinski definition) is 8. The van der Waals surface area contributed by atoms with Crippen LogP contribution in [-0.2, 0) is 35.2 Å². The summed E-state index contributed by atoms with van der Waals surface area (Å²) in [6.45, 7) is 3.47. The van der Waals surface area contributed by atoms with Gasteiger partial charge in [0.2, 0.25) is 23.6 Å². The van der Waals surface area contributed by atoms with Gasteiger partial charge in [-0.25, -0.2) is 4.79 Å². The van der Waals surface area contributed by atoms with Gasteiger partial charge in [-0.1, -0.05) is 26.0 Å². The number of amides is 4. The van der Waals surface area contributed by atoms with Gasteiger partial charge in [0.15, 0.2) is 0 Å². The van der Waals surface area contributed by atoms with Gasteiger partial charge in [0.25, 0.3) is 0 Å². The second kappa shape index (κ2) is 15.1. The lowest BCUT2D eigenvalue weighted by Crippen LogP contribution is -2.57. The lowest BCUT2D eigenvalue weighted by Gasteiger charge is -2.25. The Kier molecular flexibility index (Phi) is 12.7. The average molecular weight is 538 g/mol. The van der Waals surface area contributed by atoms with Crippen molar-refractivity contribution >= 4 is 35.6 Å². The molecule has 0 aliphatic rings. The number of rotatable bonds is 16. The molecule has 10 N–H and O–H groups in total. The van der Waals surface area contributed by atoms with E-state index in [0.717, 1.165) is 0 Å². The number of carbonyl (C=O) groups excluding carboxylic acids is 4. The minimum absolute atomic E-state index is 0.0220. The van der Waals surface area contributed by atoms with Crippen LogP contribution in [0.5, 0.6) is 5.75 Å². The van der Waals surface area contributed by atoms with E-state index in [2.05, 4.69) is 16.0 Å². The van der Waals surface area contributed by atoms with Gasteiger partial charge in [0.05, 0.1) is 12.5 Å². The summed E-state index contributed by atoms with van der Waals surface area (Å²) in [5, 5.41) is 34.8. The van der Waals surface area contributed by atoms with Crippen molar-refractivity contribution in [2.24, 2.45) is 17.4 Å². The van der Waals surface area contributed by atoms with Gasteiger partial charge in [-0.05, 0) is 42.9 Å². The number of nitrogens with two attached hydrogens (primary N) is 2. The zero-order valence-corrected chi connectivity index (χ0v) is 21.2. The molecule has 1 aromatic rings. The first-order valence-corrected chi connectivity index (χ1v) is 11.9. The Labute approximate surface area is 219 Å². The number of nitrogens with one attached hydrogen (secondary N) is 3. The van der Waals surface area contributed by atoms with Crippen molar-refractivity contribution in [1.82, 2.24) is 16.0 Å². The summed E-state index contributed by atoms with van der Waals surface area (Å²) < 4.78 is 0. The highest BCUT2D eigenvalue weighted by atomic mass is 16.4. The van der Waals surface area contributed by atoms with Gasteiger partial charge in [-0.15, -0.1) is 0 Å². The van der Waals surface area contributed by atoms with Crippen LogP contribution in [0.15, 0.2) is 24.3 Å². The maximum Gasteiger partial charge on any atom is 0.326 e. The SMILES string of the molecule is CC(C)CC(NC(=O)C(CC(=O)O)NC(=O)C(CCC(N)=O)NC(=O)C(N)Cc1ccc(O)cc1)C(=O)O. The van der Waals surface area contributed by atoms with E-state index >= 15 is 0 Å². The molecular weight excluding hydrogens is 502 g/mol. The van der Waals surface area contributed by atoms with Crippen LogP contribution in [0.25, 0.3) is 0 Å². The number of phenolic OH excluding ortho intramolecular Hbond substituents is 1. The van der Waals surface area contributed by atoms with Gasteiger partial charge in [0, 0.05) is 6.42 Å². The molecule has 14 nitrogen and oxygen atoms in total. The van der Waals surface area contributed by atoms with Gasteiger partial charge in [-0.3, -0.25) is 24.0 Å². The fraction of sp³-hybridized carbons (Fsp3) is 0.500. The number of carboxylic acid groups (broad SMARTS) is 2. The van der Waals surface area contributed by atoms with E-state index in [9.17, 15) is 44.1 Å². The number of hydrogen-bond donors (Lipinski definition) is 8. The third kappa shape index (κ3) is 11.7. The lowest BCUT2D eigenvalue weighted by molar-refractivity contribution is -0.144. The molecule has 0 heterocycles. The number of benzene rings is 1. The average Bonchev–Trinajstić information content (AvgIpc) is 2.81. The molecule has 1 rings (SSSR count). The summed E-state index contributed by atoms with van der Waals surface area (Å²) >= 11 is 0. The van der Waals surface area contributed by atoms with Crippen LogP contribution in [0.2, 0.25) is 0 Å². The standard InChI is InChI=1S/C24H35N5O9/c1-12(2)9-18(24(37)38)29-23(36)17(11-20(32)33)28-22(35)16(7-8-19(26)31)27-21(34)15(25)10-13-3-5-14(30)6-4-13/h3-6,12,15-18,30H,7-11,25H2,1-2H3,(H2,26,31)(H,27,34)(H,28,35)(H,29,36)(H,32,33)(H,37,38). The maximum absolute atomic E-state index is 13.0. The first-order valence-electron chi connectivity index (χ1n) is 11.9. The molecular formula is C24H35N5O9. The fourth-order valence-electron chi connectivity index (χ4n) is 3.43. The van der Waals surface area contributed by atoms with Gasteiger partial charge in [0.1, 0.15) is 23.9 Å². The van der Waals surface area contributed by atoms with Crippen molar-refractivity contribution in [2.45, 2.75) is 70.1 Å². The molecule has 0 spiro atoms. The summed E-state index contributed by atoms with van der Waals surface area (Å²) in [5.41, 5.74) is 11.7. The van der Waals surface area contributed by atoms with E-state index in [1.54, 1.807) is 26.0 Å². The van der Waals surface area contributed by atoms with Crippen LogP contribution in [0.4, 0.5) is 0 Å². The molecule has 0 fully saturated rings. The molecule has 0 aliphatic carbocycles. The minimum Gasteiger partial charge on any atom is -0.508 e. The molecule has 1 aromatic carbocycles. The minimum atomic E-state index is -1.67. The van der Waals surface area contributed by atoms with E-state index in [0.29, 0.717) is 5.56 Å². The first kappa shape index (κ1) is 31.8. The second-order valence-electron chi connectivity index (χ2n) is 9.23. The third-order valence-electron chi connectivity index (χ3n) is 5.37. The molecule has 0 bridgehead atoms. The van der Waals surface area contributed by atoms with Crippen molar-refractivity contribution in [1.29, 1.82) is 0 Å². The molecule has 4 amide bonds. The van der Waals surface area contributed by atoms with E-state index in [4.69, 9.17) is 11.5 Å². The summed E-state index contributed by atoms with van der Waals surface area (Å²) in [4.78, 5) is 72.5. The Bertz CT molecular complexity index is 1010. The Morgan fingerprint density at radius 3 is 1.87 bits per heavy atom. The van der Waals surface area contributed by atoms with Crippen LogP contribution in [0.3, 0.4) is 0 Å². The molecule has 14 heteroatoms. The molecule has 0 radical (unpaired) electrons. The van der Waals surface area contributed by atoms with Crippen molar-refractivity contribution in [2.75, 3.05) is 0 Å². The molecule has 4 atom stereocenters. The smallest absolute Gasteiger partial charge is 0.326 e. The summed E-state index contributed by atoms with van der Waals surface area (Å²) in [6, 6.07) is 0.396. The number of phenols is 1. The molecule has 210 valence electrons. The summed E-state index contributed by atoms with van der Waals surface area (Å²) in [6.07, 6.45) is -1.36. The van der Waals surface area contributed by atoms with E-state index in [1.165, 1.54) is 12.1 Å². The van der Waals surface area contributed by atoms with Crippen LogP contribution in [0.1, 0.15) is 45.1 Å². The van der Waals surface area contributed by atoms with Crippen molar-refractivity contribution < 1.29 is 44.1 Å². The number of primary amides is 1. The monoisotopic (exact) mass is 537 g/mol. The predicted octanol–water partition coefficient (Wildman–Crippen LogP) is -1.41. The second-order valence-corrected chi connectivity index (χ2v) is 9.23. The number of carbonyl (C=O) groups is 6. The Morgan fingerprint density at radius 1 is 0.842 bits per heavy atom. The van der Waals surface area contributed by atoms with Crippen LogP contribution >= 0.6 is 0 Å². The zero-order valence-electron chi connectivity index (χ0n) is 21.2. The van der Waals surface area contributed by atoms with Gasteiger partial charge < -0.3 is 42.7 Å². The van der Waals surface area contributed by atoms with Crippen LogP contribution in [-0.4, -0.2) is 75.1 Å². The normalized spacial score (nSPS) is 14.0. The number of carboxylic acids is 2. The quantitative estimate of drug-likeness (QED) is 0.122. The van der Waals surface area contributed by atoms with Crippen LogP contribution in [0, 0.1) is 5.92 Å². The molecule has 4 unspecified atom stereocenters. The molecule has 0 saturated carbocycles. The molecule has 0 aliphatic heterocycles. The Balaban J connectivity index is 3.01. The van der Waals surface area contributed by atoms with Gasteiger partial charge in [-0.2, -0.15) is 0 Å². The highest BCUT2D eigenvalue weighted by molar-refractivity contribution is 5.95. The number of aromatic hydroxyl groups is 1. The summed E-state index contributed by atoms with van der Waals surface area (Å²) in [7, 11) is 0. The van der Waals surface area contributed by atoms with E-state index < -0.39 is 66.2 Å². The number of aliphatic carboxylic acids is 2. The molecule has 38 heavy (non-hydrogen) atoms. The highest BCUT2D eigenvalue weighted by Gasteiger charge is 2.32. The van der Waals surface area contributed by atoms with E-state index in [-0.39, 0.29) is 37.4 Å². The fourth-order valence-corrected chi connectivity index (χ4v) is 3.43. The summed E-state index contributed by atoms with van der Waals surface area (Å²) in [5.74, 6) is -6.45.